The van der Waals surface area contributed by atoms with Crippen LogP contribution in [-0.4, -0.2) is 45.2 Å². The Hall–Kier alpha value is -2.58. The highest BCUT2D eigenvalue weighted by molar-refractivity contribution is 5.81. The van der Waals surface area contributed by atoms with Gasteiger partial charge in [0.25, 0.3) is 0 Å². The van der Waals surface area contributed by atoms with Crippen molar-refractivity contribution in [3.8, 4) is 0 Å². The Balaban J connectivity index is 1.38. The number of hydrogen-bond donors (Lipinski definition) is 1. The molecule has 2 aliphatic heterocycles. The number of aryl methyl sites for hydroxylation is 1. The van der Waals surface area contributed by atoms with Crippen molar-refractivity contribution in [2.24, 2.45) is 0 Å². The lowest BCUT2D eigenvalue weighted by atomic mass is 9.97. The maximum absolute atomic E-state index is 12.9. The highest BCUT2D eigenvalue weighted by Crippen LogP contribution is 2.31. The molecule has 9 heteroatoms. The molecule has 0 aliphatic carbocycles. The summed E-state index contributed by atoms with van der Waals surface area (Å²) in [6, 6.07) is 4.91. The van der Waals surface area contributed by atoms with Gasteiger partial charge in [-0.05, 0) is 43.9 Å². The lowest BCUT2D eigenvalue weighted by molar-refractivity contribution is -0.137. The van der Waals surface area contributed by atoms with E-state index in [0.29, 0.717) is 13.1 Å². The highest BCUT2D eigenvalue weighted by Gasteiger charge is 2.31. The predicted octanol–water partition coefficient (Wildman–Crippen LogP) is 3.84. The summed E-state index contributed by atoms with van der Waals surface area (Å²) in [6.45, 7) is 2.12. The molecule has 30 heavy (non-hydrogen) atoms. The molecule has 1 N–H and O–H groups in total. The SMILES string of the molecule is O=C(CNc1cccc(C(F)(F)F)c1)N1CCCC(c2nnc3n2CCCCC3)C1. The third kappa shape index (κ3) is 4.60. The summed E-state index contributed by atoms with van der Waals surface area (Å²) in [5.74, 6) is 2.04. The number of benzene rings is 1. The number of fused-ring (bicyclic) bond motifs is 1. The van der Waals surface area contributed by atoms with E-state index in [1.165, 1.54) is 18.6 Å². The van der Waals surface area contributed by atoms with E-state index in [9.17, 15) is 18.0 Å². The van der Waals surface area contributed by atoms with Crippen LogP contribution in [0.25, 0.3) is 0 Å². The van der Waals surface area contributed by atoms with Gasteiger partial charge >= 0.3 is 6.18 Å². The van der Waals surface area contributed by atoms with Gasteiger partial charge in [-0.1, -0.05) is 12.5 Å². The summed E-state index contributed by atoms with van der Waals surface area (Å²) in [4.78, 5) is 14.5. The number of anilines is 1. The topological polar surface area (TPSA) is 63.1 Å². The maximum atomic E-state index is 12.9. The molecule has 0 radical (unpaired) electrons. The number of likely N-dealkylation sites (tertiary alicyclic amines) is 1. The lowest BCUT2D eigenvalue weighted by Crippen LogP contribution is -2.42. The quantitative estimate of drug-likeness (QED) is 0.815. The fraction of sp³-hybridized carbons (Fsp3) is 0.571. The van der Waals surface area contributed by atoms with Crippen LogP contribution >= 0.6 is 0 Å². The minimum absolute atomic E-state index is 0.0357. The predicted molar refractivity (Wildman–Crippen MR) is 106 cm³/mol. The van der Waals surface area contributed by atoms with Crippen molar-refractivity contribution in [3.05, 3.63) is 41.5 Å². The first kappa shape index (κ1) is 20.7. The van der Waals surface area contributed by atoms with Crippen molar-refractivity contribution in [2.45, 2.75) is 57.2 Å². The van der Waals surface area contributed by atoms with E-state index >= 15 is 0 Å². The molecule has 1 aromatic heterocycles. The number of carbonyl (C=O) groups is 1. The van der Waals surface area contributed by atoms with Crippen LogP contribution in [0.5, 0.6) is 0 Å². The van der Waals surface area contributed by atoms with E-state index in [0.717, 1.165) is 62.4 Å². The first-order valence-corrected chi connectivity index (χ1v) is 10.5. The van der Waals surface area contributed by atoms with E-state index in [4.69, 9.17) is 0 Å². The molecule has 0 bridgehead atoms. The molecule has 4 rings (SSSR count). The van der Waals surface area contributed by atoms with Gasteiger partial charge in [-0.2, -0.15) is 13.2 Å². The van der Waals surface area contributed by atoms with E-state index in [1.54, 1.807) is 4.90 Å². The van der Waals surface area contributed by atoms with Crippen molar-refractivity contribution >= 4 is 11.6 Å². The molecular weight excluding hydrogens is 395 g/mol. The zero-order valence-electron chi connectivity index (χ0n) is 16.8. The van der Waals surface area contributed by atoms with Gasteiger partial charge in [0.2, 0.25) is 5.91 Å². The average Bonchev–Trinajstić information content (AvgIpc) is 3.00. The Morgan fingerprint density at radius 3 is 2.83 bits per heavy atom. The van der Waals surface area contributed by atoms with E-state index in [2.05, 4.69) is 20.1 Å². The zero-order valence-corrected chi connectivity index (χ0v) is 16.8. The maximum Gasteiger partial charge on any atom is 0.416 e. The van der Waals surface area contributed by atoms with E-state index in [-0.39, 0.29) is 24.1 Å². The lowest BCUT2D eigenvalue weighted by Gasteiger charge is -2.32. The molecule has 1 atom stereocenters. The van der Waals surface area contributed by atoms with Crippen LogP contribution in [0.4, 0.5) is 18.9 Å². The van der Waals surface area contributed by atoms with Crippen LogP contribution in [0.3, 0.4) is 0 Å². The van der Waals surface area contributed by atoms with Crippen LogP contribution in [0, 0.1) is 0 Å². The Labute approximate surface area is 173 Å². The van der Waals surface area contributed by atoms with Gasteiger partial charge in [-0.25, -0.2) is 0 Å². The third-order valence-electron chi connectivity index (χ3n) is 5.91. The second kappa shape index (κ2) is 8.65. The summed E-state index contributed by atoms with van der Waals surface area (Å²) < 4.78 is 40.8. The molecule has 1 saturated heterocycles. The van der Waals surface area contributed by atoms with Crippen LogP contribution in [0.2, 0.25) is 0 Å². The summed E-state index contributed by atoms with van der Waals surface area (Å²) in [5.41, 5.74) is -0.444. The fourth-order valence-electron chi connectivity index (χ4n) is 4.32. The molecule has 6 nitrogen and oxygen atoms in total. The van der Waals surface area contributed by atoms with Crippen molar-refractivity contribution in [1.29, 1.82) is 0 Å². The van der Waals surface area contributed by atoms with Crippen LogP contribution in [-0.2, 0) is 23.9 Å². The van der Waals surface area contributed by atoms with Gasteiger partial charge in [0.15, 0.2) is 0 Å². The number of aromatic nitrogens is 3. The Kier molecular flexibility index (Phi) is 5.97. The number of nitrogens with one attached hydrogen (secondary N) is 1. The Morgan fingerprint density at radius 2 is 2.00 bits per heavy atom. The molecule has 1 fully saturated rings. The second-order valence-electron chi connectivity index (χ2n) is 8.05. The Morgan fingerprint density at radius 1 is 1.13 bits per heavy atom. The fourth-order valence-corrected chi connectivity index (χ4v) is 4.32. The van der Waals surface area contributed by atoms with Gasteiger partial charge in [0.1, 0.15) is 11.6 Å². The molecule has 0 spiro atoms. The van der Waals surface area contributed by atoms with Crippen LogP contribution in [0.1, 0.15) is 55.2 Å². The second-order valence-corrected chi connectivity index (χ2v) is 8.05. The molecule has 2 aromatic rings. The monoisotopic (exact) mass is 421 g/mol. The van der Waals surface area contributed by atoms with Gasteiger partial charge in [0.05, 0.1) is 12.1 Å². The number of piperidine rings is 1. The van der Waals surface area contributed by atoms with Gasteiger partial charge < -0.3 is 14.8 Å². The van der Waals surface area contributed by atoms with Crippen molar-refractivity contribution in [1.82, 2.24) is 19.7 Å². The Bertz CT molecular complexity index is 895. The number of alkyl halides is 3. The minimum atomic E-state index is -4.40. The molecule has 162 valence electrons. The third-order valence-corrected chi connectivity index (χ3v) is 5.91. The highest BCUT2D eigenvalue weighted by atomic mass is 19.4. The van der Waals surface area contributed by atoms with Crippen LogP contribution < -0.4 is 5.32 Å². The molecule has 2 aliphatic rings. The number of rotatable bonds is 4. The summed E-state index contributed by atoms with van der Waals surface area (Å²) in [7, 11) is 0. The number of carbonyl (C=O) groups excluding carboxylic acids is 1. The number of halogens is 3. The first-order chi connectivity index (χ1) is 14.4. The van der Waals surface area contributed by atoms with Gasteiger partial charge in [0, 0.05) is 37.7 Å². The van der Waals surface area contributed by atoms with Crippen molar-refractivity contribution in [3.63, 3.8) is 0 Å². The number of nitrogens with zero attached hydrogens (tertiary/aromatic N) is 4. The largest absolute Gasteiger partial charge is 0.416 e. The first-order valence-electron chi connectivity index (χ1n) is 10.5. The zero-order chi connectivity index (χ0) is 21.1. The summed E-state index contributed by atoms with van der Waals surface area (Å²) in [5, 5.41) is 11.6. The normalized spacial score (nSPS) is 19.8. The van der Waals surface area contributed by atoms with Crippen LogP contribution in [0.15, 0.2) is 24.3 Å². The van der Waals surface area contributed by atoms with E-state index in [1.807, 2.05) is 0 Å². The summed E-state index contributed by atoms with van der Waals surface area (Å²) in [6.07, 6.45) is 1.83. The molecule has 3 heterocycles. The smallest absolute Gasteiger partial charge is 0.376 e. The average molecular weight is 421 g/mol. The summed E-state index contributed by atoms with van der Waals surface area (Å²) >= 11 is 0. The molecule has 1 amide bonds. The minimum Gasteiger partial charge on any atom is -0.376 e. The van der Waals surface area contributed by atoms with Crippen molar-refractivity contribution in [2.75, 3.05) is 25.0 Å². The number of hydrogen-bond acceptors (Lipinski definition) is 4. The molecular formula is C21H26F3N5O. The van der Waals surface area contributed by atoms with E-state index < -0.39 is 11.7 Å². The standard InChI is InChI=1S/C21H26F3N5O/c22-21(23,24)16-7-4-8-17(12-16)25-13-19(30)28-10-5-6-15(14-28)20-27-26-18-9-2-1-3-11-29(18)20/h4,7-8,12,15,25H,1-3,5-6,9-11,13-14H2. The van der Waals surface area contributed by atoms with Gasteiger partial charge in [-0.3, -0.25) is 4.79 Å². The van der Waals surface area contributed by atoms with Crippen molar-refractivity contribution < 1.29 is 18.0 Å². The molecule has 0 saturated carbocycles. The van der Waals surface area contributed by atoms with Gasteiger partial charge in [-0.15, -0.1) is 10.2 Å². The molecule has 1 aromatic carbocycles. The molecule has 1 unspecified atom stereocenters. The number of amides is 1.